The molecule has 0 amide bonds. The van der Waals surface area contributed by atoms with Crippen molar-refractivity contribution in [2.45, 2.75) is 12.7 Å². The predicted octanol–water partition coefficient (Wildman–Crippen LogP) is 2.05. The van der Waals surface area contributed by atoms with Gasteiger partial charge in [0.2, 0.25) is 0 Å². The molecule has 0 aromatic carbocycles. The molecule has 3 nitrogen and oxygen atoms in total. The van der Waals surface area contributed by atoms with Crippen LogP contribution in [0.4, 0.5) is 0 Å². The topological polar surface area (TPSA) is 42.2 Å². The minimum atomic E-state index is -0.443. The minimum Gasteiger partial charge on any atom is -0.354 e. The van der Waals surface area contributed by atoms with E-state index in [2.05, 4.69) is 6.07 Å². The third kappa shape index (κ3) is 2.81. The van der Waals surface area contributed by atoms with E-state index in [1.807, 2.05) is 17.5 Å². The van der Waals surface area contributed by atoms with Crippen molar-refractivity contribution in [3.63, 3.8) is 0 Å². The van der Waals surface area contributed by atoms with E-state index in [1.54, 1.807) is 25.6 Å². The quantitative estimate of drug-likeness (QED) is 0.700. The molecule has 1 rings (SSSR count). The Kier molecular flexibility index (Phi) is 4.60. The van der Waals surface area contributed by atoms with Crippen LogP contribution in [0.5, 0.6) is 0 Å². The van der Waals surface area contributed by atoms with Crippen LogP contribution < -0.4 is 0 Å². The summed E-state index contributed by atoms with van der Waals surface area (Å²) in [5.41, 5.74) is 0. The lowest BCUT2D eigenvalue weighted by Gasteiger charge is -2.17. The molecule has 1 aromatic rings. The maximum atomic E-state index is 8.95. The highest BCUT2D eigenvalue weighted by Crippen LogP contribution is 2.18. The van der Waals surface area contributed by atoms with Gasteiger partial charge in [-0.25, -0.2) is 0 Å². The van der Waals surface area contributed by atoms with Gasteiger partial charge in [0, 0.05) is 25.5 Å². The molecule has 0 N–H and O–H groups in total. The Bertz CT molecular complexity index is 288. The summed E-state index contributed by atoms with van der Waals surface area (Å²) in [4.78, 5) is 1.18. The molecule has 4 heteroatoms. The SMILES string of the molecule is COC(OC)C(C#N)Cc1cccs1. The van der Waals surface area contributed by atoms with Crippen LogP contribution in [0.3, 0.4) is 0 Å². The molecule has 0 spiro atoms. The first kappa shape index (κ1) is 11.2. The lowest BCUT2D eigenvalue weighted by Crippen LogP contribution is -2.25. The monoisotopic (exact) mass is 211 g/mol. The molecule has 0 radical (unpaired) electrons. The Morgan fingerprint density at radius 1 is 1.50 bits per heavy atom. The Morgan fingerprint density at radius 2 is 2.21 bits per heavy atom. The maximum Gasteiger partial charge on any atom is 0.172 e. The zero-order valence-electron chi connectivity index (χ0n) is 8.27. The van der Waals surface area contributed by atoms with E-state index >= 15 is 0 Å². The van der Waals surface area contributed by atoms with E-state index < -0.39 is 6.29 Å². The van der Waals surface area contributed by atoms with Gasteiger partial charge in [0.1, 0.15) is 5.92 Å². The highest BCUT2D eigenvalue weighted by Gasteiger charge is 2.21. The van der Waals surface area contributed by atoms with Crippen LogP contribution in [0.15, 0.2) is 17.5 Å². The molecule has 0 aliphatic carbocycles. The van der Waals surface area contributed by atoms with Crippen LogP contribution in [0, 0.1) is 17.2 Å². The van der Waals surface area contributed by atoms with Crippen molar-refractivity contribution in [1.82, 2.24) is 0 Å². The van der Waals surface area contributed by atoms with Gasteiger partial charge in [-0.2, -0.15) is 5.26 Å². The third-order valence-corrected chi connectivity index (χ3v) is 2.86. The lowest BCUT2D eigenvalue weighted by molar-refractivity contribution is -0.124. The number of ether oxygens (including phenoxy) is 2. The molecule has 0 fully saturated rings. The Morgan fingerprint density at radius 3 is 2.64 bits per heavy atom. The summed E-state index contributed by atoms with van der Waals surface area (Å²) in [6.45, 7) is 0. The van der Waals surface area contributed by atoms with Gasteiger partial charge in [0.05, 0.1) is 6.07 Å². The Balaban J connectivity index is 2.59. The van der Waals surface area contributed by atoms with E-state index in [-0.39, 0.29) is 5.92 Å². The summed E-state index contributed by atoms with van der Waals surface area (Å²) in [5.74, 6) is -0.247. The van der Waals surface area contributed by atoms with Crippen molar-refractivity contribution in [1.29, 1.82) is 5.26 Å². The fraction of sp³-hybridized carbons (Fsp3) is 0.500. The summed E-state index contributed by atoms with van der Waals surface area (Å²) in [7, 11) is 3.10. The van der Waals surface area contributed by atoms with Crippen LogP contribution in [0.1, 0.15) is 4.88 Å². The van der Waals surface area contributed by atoms with E-state index in [0.717, 1.165) is 0 Å². The summed E-state index contributed by atoms with van der Waals surface area (Å²) in [5, 5.41) is 11.0. The summed E-state index contributed by atoms with van der Waals surface area (Å²) >= 11 is 1.64. The van der Waals surface area contributed by atoms with Gasteiger partial charge in [0.25, 0.3) is 0 Å². The number of hydrogen-bond donors (Lipinski definition) is 0. The number of nitrogens with zero attached hydrogens (tertiary/aromatic N) is 1. The van der Waals surface area contributed by atoms with Crippen molar-refractivity contribution in [2.75, 3.05) is 14.2 Å². The smallest absolute Gasteiger partial charge is 0.172 e. The first-order valence-corrected chi connectivity index (χ1v) is 5.17. The van der Waals surface area contributed by atoms with E-state index in [1.165, 1.54) is 4.88 Å². The normalized spacial score (nSPS) is 12.7. The zero-order chi connectivity index (χ0) is 10.4. The van der Waals surface area contributed by atoms with Gasteiger partial charge < -0.3 is 9.47 Å². The van der Waals surface area contributed by atoms with Gasteiger partial charge in [-0.3, -0.25) is 0 Å². The van der Waals surface area contributed by atoms with Crippen molar-refractivity contribution in [3.05, 3.63) is 22.4 Å². The first-order chi connectivity index (χ1) is 6.81. The second-order valence-corrected chi connectivity index (χ2v) is 3.89. The molecule has 1 unspecified atom stereocenters. The molecule has 1 atom stereocenters. The molecule has 76 valence electrons. The van der Waals surface area contributed by atoms with Gasteiger partial charge in [-0.1, -0.05) is 6.07 Å². The number of thiophene rings is 1. The number of methoxy groups -OCH3 is 2. The number of rotatable bonds is 5. The van der Waals surface area contributed by atoms with Crippen molar-refractivity contribution in [2.24, 2.45) is 5.92 Å². The van der Waals surface area contributed by atoms with Gasteiger partial charge in [-0.15, -0.1) is 11.3 Å². The van der Waals surface area contributed by atoms with Gasteiger partial charge in [0.15, 0.2) is 6.29 Å². The zero-order valence-corrected chi connectivity index (χ0v) is 9.08. The average molecular weight is 211 g/mol. The molecule has 14 heavy (non-hydrogen) atoms. The second-order valence-electron chi connectivity index (χ2n) is 2.86. The van der Waals surface area contributed by atoms with E-state index in [9.17, 15) is 0 Å². The minimum absolute atomic E-state index is 0.247. The highest BCUT2D eigenvalue weighted by molar-refractivity contribution is 7.09. The number of hydrogen-bond acceptors (Lipinski definition) is 4. The Hall–Kier alpha value is -0.890. The van der Waals surface area contributed by atoms with E-state index in [4.69, 9.17) is 14.7 Å². The summed E-state index contributed by atoms with van der Waals surface area (Å²) in [6.07, 6.45) is 0.239. The van der Waals surface area contributed by atoms with Gasteiger partial charge in [-0.05, 0) is 11.4 Å². The van der Waals surface area contributed by atoms with Crippen LogP contribution in [0.2, 0.25) is 0 Å². The van der Waals surface area contributed by atoms with Crippen molar-refractivity contribution in [3.8, 4) is 6.07 Å². The number of nitriles is 1. The molecule has 0 aliphatic rings. The third-order valence-electron chi connectivity index (χ3n) is 1.96. The van der Waals surface area contributed by atoms with Crippen LogP contribution in [0.25, 0.3) is 0 Å². The molecular weight excluding hydrogens is 198 g/mol. The molecule has 1 aromatic heterocycles. The fourth-order valence-corrected chi connectivity index (χ4v) is 2.04. The largest absolute Gasteiger partial charge is 0.354 e. The van der Waals surface area contributed by atoms with Gasteiger partial charge >= 0.3 is 0 Å². The predicted molar refractivity (Wildman–Crippen MR) is 54.9 cm³/mol. The molecular formula is C10H13NO2S. The lowest BCUT2D eigenvalue weighted by atomic mass is 10.1. The first-order valence-electron chi connectivity index (χ1n) is 4.29. The maximum absolute atomic E-state index is 8.95. The Labute approximate surface area is 87.9 Å². The molecule has 0 saturated carbocycles. The fourth-order valence-electron chi connectivity index (χ4n) is 1.27. The average Bonchev–Trinajstić information content (AvgIpc) is 2.70. The van der Waals surface area contributed by atoms with Crippen molar-refractivity contribution >= 4 is 11.3 Å². The summed E-state index contributed by atoms with van der Waals surface area (Å²) in [6, 6.07) is 6.19. The van der Waals surface area contributed by atoms with Crippen LogP contribution >= 0.6 is 11.3 Å². The molecule has 0 bridgehead atoms. The van der Waals surface area contributed by atoms with Crippen LogP contribution in [-0.4, -0.2) is 20.5 Å². The molecule has 0 aliphatic heterocycles. The molecule has 0 saturated heterocycles. The van der Waals surface area contributed by atoms with E-state index in [0.29, 0.717) is 6.42 Å². The molecule has 1 heterocycles. The van der Waals surface area contributed by atoms with Crippen molar-refractivity contribution < 1.29 is 9.47 Å². The highest BCUT2D eigenvalue weighted by atomic mass is 32.1. The standard InChI is InChI=1S/C10H13NO2S/c1-12-10(13-2)8(7-11)6-9-4-3-5-14-9/h3-5,8,10H,6H2,1-2H3. The summed E-state index contributed by atoms with van der Waals surface area (Å²) < 4.78 is 10.1. The second kappa shape index (κ2) is 5.76. The van der Waals surface area contributed by atoms with Crippen LogP contribution in [-0.2, 0) is 15.9 Å².